The topological polar surface area (TPSA) is 20.2 Å². The standard InChI is InChI=1S/C9H8BrF3O/c1-8(14,9(11,12)13)6-3-2-4-7(10)5-6/h2-5,14H,1H3/t8-/m1/s1. The van der Waals surface area contributed by atoms with Gasteiger partial charge in [0.1, 0.15) is 0 Å². The molecule has 0 aliphatic carbocycles. The highest BCUT2D eigenvalue weighted by Crippen LogP contribution is 2.38. The molecule has 0 fully saturated rings. The van der Waals surface area contributed by atoms with Crippen molar-refractivity contribution in [3.05, 3.63) is 34.3 Å². The van der Waals surface area contributed by atoms with Gasteiger partial charge in [-0.25, -0.2) is 0 Å². The van der Waals surface area contributed by atoms with Crippen molar-refractivity contribution in [2.75, 3.05) is 0 Å². The van der Waals surface area contributed by atoms with Gasteiger partial charge in [-0.05, 0) is 24.6 Å². The maximum Gasteiger partial charge on any atom is 0.421 e. The number of hydrogen-bond donors (Lipinski definition) is 1. The third-order valence-corrected chi connectivity index (χ3v) is 2.43. The summed E-state index contributed by atoms with van der Waals surface area (Å²) in [6, 6.07) is 5.52. The van der Waals surface area contributed by atoms with Gasteiger partial charge in [0.15, 0.2) is 5.60 Å². The lowest BCUT2D eigenvalue weighted by molar-refractivity contribution is -0.258. The molecule has 0 radical (unpaired) electrons. The Morgan fingerprint density at radius 3 is 2.29 bits per heavy atom. The Balaban J connectivity index is 3.16. The van der Waals surface area contributed by atoms with Crippen LogP contribution in [0.1, 0.15) is 12.5 Å². The molecule has 5 heteroatoms. The molecule has 1 aromatic rings. The van der Waals surface area contributed by atoms with E-state index in [4.69, 9.17) is 0 Å². The van der Waals surface area contributed by atoms with E-state index in [-0.39, 0.29) is 5.56 Å². The van der Waals surface area contributed by atoms with E-state index in [0.29, 0.717) is 4.47 Å². The van der Waals surface area contributed by atoms with Crippen LogP contribution in [-0.4, -0.2) is 11.3 Å². The molecule has 0 aromatic heterocycles. The van der Waals surface area contributed by atoms with Gasteiger partial charge < -0.3 is 5.11 Å². The maximum absolute atomic E-state index is 12.4. The lowest BCUT2D eigenvalue weighted by Gasteiger charge is -2.26. The van der Waals surface area contributed by atoms with E-state index in [1.54, 1.807) is 6.07 Å². The van der Waals surface area contributed by atoms with E-state index in [1.807, 2.05) is 0 Å². The number of alkyl halides is 3. The Hall–Kier alpha value is -0.550. The summed E-state index contributed by atoms with van der Waals surface area (Å²) in [5.41, 5.74) is -2.99. The smallest absolute Gasteiger partial charge is 0.376 e. The second-order valence-corrected chi connectivity index (χ2v) is 4.00. The van der Waals surface area contributed by atoms with Crippen molar-refractivity contribution in [1.29, 1.82) is 0 Å². The van der Waals surface area contributed by atoms with E-state index in [9.17, 15) is 18.3 Å². The summed E-state index contributed by atoms with van der Waals surface area (Å²) in [7, 11) is 0. The van der Waals surface area contributed by atoms with Gasteiger partial charge in [-0.2, -0.15) is 13.2 Å². The van der Waals surface area contributed by atoms with Crippen LogP contribution < -0.4 is 0 Å². The third kappa shape index (κ3) is 2.09. The first-order valence-electron chi connectivity index (χ1n) is 3.80. The highest BCUT2D eigenvalue weighted by Gasteiger charge is 2.51. The molecule has 1 rings (SSSR count). The van der Waals surface area contributed by atoms with Crippen molar-refractivity contribution in [3.63, 3.8) is 0 Å². The van der Waals surface area contributed by atoms with Crippen molar-refractivity contribution < 1.29 is 18.3 Å². The first-order valence-corrected chi connectivity index (χ1v) is 4.59. The fourth-order valence-electron chi connectivity index (χ4n) is 0.955. The van der Waals surface area contributed by atoms with Crippen LogP contribution in [0.15, 0.2) is 28.7 Å². The van der Waals surface area contributed by atoms with Crippen molar-refractivity contribution in [1.82, 2.24) is 0 Å². The second kappa shape index (κ2) is 3.55. The van der Waals surface area contributed by atoms with Gasteiger partial charge in [0.05, 0.1) is 0 Å². The summed E-state index contributed by atoms with van der Waals surface area (Å²) in [5.74, 6) is 0. The molecule has 1 nitrogen and oxygen atoms in total. The fourth-order valence-corrected chi connectivity index (χ4v) is 1.35. The number of aliphatic hydroxyl groups is 1. The first-order chi connectivity index (χ1) is 6.25. The van der Waals surface area contributed by atoms with Gasteiger partial charge in [-0.15, -0.1) is 0 Å². The van der Waals surface area contributed by atoms with Crippen LogP contribution in [0.3, 0.4) is 0 Å². The molecule has 1 aromatic carbocycles. The van der Waals surface area contributed by atoms with Crippen molar-refractivity contribution in [3.8, 4) is 0 Å². The fraction of sp³-hybridized carbons (Fsp3) is 0.333. The summed E-state index contributed by atoms with van der Waals surface area (Å²) in [5, 5.41) is 9.30. The average molecular weight is 269 g/mol. The summed E-state index contributed by atoms with van der Waals surface area (Å²) in [4.78, 5) is 0. The molecule has 0 spiro atoms. The molecule has 14 heavy (non-hydrogen) atoms. The predicted molar refractivity (Wildman–Crippen MR) is 49.8 cm³/mol. The van der Waals surface area contributed by atoms with Crippen LogP contribution in [0, 0.1) is 0 Å². The largest absolute Gasteiger partial charge is 0.421 e. The van der Waals surface area contributed by atoms with E-state index in [1.165, 1.54) is 18.2 Å². The molecular weight excluding hydrogens is 261 g/mol. The number of hydrogen-bond acceptors (Lipinski definition) is 1. The van der Waals surface area contributed by atoms with Gasteiger partial charge >= 0.3 is 6.18 Å². The van der Waals surface area contributed by atoms with Gasteiger partial charge in [0, 0.05) is 4.47 Å². The quantitative estimate of drug-likeness (QED) is 0.829. The van der Waals surface area contributed by atoms with Gasteiger partial charge in [0.2, 0.25) is 0 Å². The number of halogens is 4. The van der Waals surface area contributed by atoms with Crippen molar-refractivity contribution in [2.45, 2.75) is 18.7 Å². The highest BCUT2D eigenvalue weighted by atomic mass is 79.9. The first kappa shape index (κ1) is 11.5. The third-order valence-electron chi connectivity index (χ3n) is 1.94. The zero-order valence-corrected chi connectivity index (χ0v) is 8.85. The molecule has 0 aliphatic rings. The van der Waals surface area contributed by atoms with Crippen LogP contribution in [0.4, 0.5) is 13.2 Å². The molecule has 0 heterocycles. The molecule has 1 atom stereocenters. The Morgan fingerprint density at radius 1 is 1.29 bits per heavy atom. The van der Waals surface area contributed by atoms with Crippen LogP contribution in [-0.2, 0) is 5.60 Å². The molecule has 0 saturated heterocycles. The monoisotopic (exact) mass is 268 g/mol. The zero-order valence-electron chi connectivity index (χ0n) is 7.27. The lowest BCUT2D eigenvalue weighted by atomic mass is 9.96. The Labute approximate surface area is 87.7 Å². The Bertz CT molecular complexity index is 333. The van der Waals surface area contributed by atoms with E-state index in [2.05, 4.69) is 15.9 Å². The number of benzene rings is 1. The van der Waals surface area contributed by atoms with E-state index >= 15 is 0 Å². The lowest BCUT2D eigenvalue weighted by Crippen LogP contribution is -2.39. The molecular formula is C9H8BrF3O. The van der Waals surface area contributed by atoms with Crippen LogP contribution >= 0.6 is 15.9 Å². The summed E-state index contributed by atoms with van der Waals surface area (Å²) in [6.45, 7) is 0.731. The minimum atomic E-state index is -4.67. The minimum Gasteiger partial charge on any atom is -0.376 e. The second-order valence-electron chi connectivity index (χ2n) is 3.08. The van der Waals surface area contributed by atoms with Gasteiger partial charge in [0.25, 0.3) is 0 Å². The zero-order chi connectivity index (χ0) is 11.0. The molecule has 0 bridgehead atoms. The molecule has 0 aliphatic heterocycles. The number of rotatable bonds is 1. The van der Waals surface area contributed by atoms with Crippen molar-refractivity contribution >= 4 is 15.9 Å². The van der Waals surface area contributed by atoms with E-state index in [0.717, 1.165) is 6.92 Å². The van der Waals surface area contributed by atoms with Crippen molar-refractivity contribution in [2.24, 2.45) is 0 Å². The van der Waals surface area contributed by atoms with Crippen LogP contribution in [0.25, 0.3) is 0 Å². The minimum absolute atomic E-state index is 0.181. The summed E-state index contributed by atoms with van der Waals surface area (Å²) in [6.07, 6.45) is -4.67. The molecule has 0 saturated carbocycles. The Morgan fingerprint density at radius 2 is 1.86 bits per heavy atom. The van der Waals surface area contributed by atoms with Crippen LogP contribution in [0.2, 0.25) is 0 Å². The maximum atomic E-state index is 12.4. The van der Waals surface area contributed by atoms with Gasteiger partial charge in [-0.3, -0.25) is 0 Å². The average Bonchev–Trinajstić information content (AvgIpc) is 2.02. The summed E-state index contributed by atoms with van der Waals surface area (Å²) >= 11 is 3.04. The van der Waals surface area contributed by atoms with Gasteiger partial charge in [-0.1, -0.05) is 28.1 Å². The normalized spacial score (nSPS) is 16.4. The summed E-state index contributed by atoms with van der Waals surface area (Å²) < 4.78 is 37.7. The van der Waals surface area contributed by atoms with E-state index < -0.39 is 11.8 Å². The Kier molecular flexibility index (Phi) is 2.92. The van der Waals surface area contributed by atoms with Crippen LogP contribution in [0.5, 0.6) is 0 Å². The predicted octanol–water partition coefficient (Wildman–Crippen LogP) is 3.22. The highest BCUT2D eigenvalue weighted by molar-refractivity contribution is 9.10. The molecule has 78 valence electrons. The SMILES string of the molecule is C[C@@](O)(c1cccc(Br)c1)C(F)(F)F. The molecule has 0 unspecified atom stereocenters. The molecule has 0 amide bonds. The molecule has 1 N–H and O–H groups in total.